The van der Waals surface area contributed by atoms with E-state index in [-0.39, 0.29) is 17.9 Å². The highest BCUT2D eigenvalue weighted by Crippen LogP contribution is 2.46. The van der Waals surface area contributed by atoms with E-state index in [9.17, 15) is 9.59 Å². The SMILES string of the molecule is CC(C)(C)OC(=O)NC(COCC1CC1)C(=O)N1CCC2(CCc3ccccc32)CC1. The number of benzene rings is 1. The molecule has 6 heteroatoms. The van der Waals surface area contributed by atoms with Gasteiger partial charge < -0.3 is 19.7 Å². The molecule has 2 aliphatic carbocycles. The van der Waals surface area contributed by atoms with Gasteiger partial charge in [0.25, 0.3) is 0 Å². The maximum atomic E-state index is 13.3. The Bertz CT molecular complexity index is 804. The van der Waals surface area contributed by atoms with Crippen LogP contribution in [0.1, 0.15) is 64.0 Å². The minimum absolute atomic E-state index is 0.0669. The lowest BCUT2D eigenvalue weighted by Gasteiger charge is -2.41. The van der Waals surface area contributed by atoms with E-state index in [2.05, 4.69) is 29.6 Å². The topological polar surface area (TPSA) is 67.9 Å². The first-order valence-corrected chi connectivity index (χ1v) is 11.7. The predicted molar refractivity (Wildman–Crippen MR) is 119 cm³/mol. The highest BCUT2D eigenvalue weighted by atomic mass is 16.6. The second kappa shape index (κ2) is 8.81. The average molecular weight is 429 g/mol. The molecule has 1 atom stereocenters. The molecule has 0 bridgehead atoms. The zero-order chi connectivity index (χ0) is 22.1. The van der Waals surface area contributed by atoms with Crippen molar-refractivity contribution in [2.45, 2.75) is 76.4 Å². The van der Waals surface area contributed by atoms with E-state index < -0.39 is 17.7 Å². The summed E-state index contributed by atoms with van der Waals surface area (Å²) >= 11 is 0. The molecule has 1 aromatic carbocycles. The number of hydrogen-bond donors (Lipinski definition) is 1. The summed E-state index contributed by atoms with van der Waals surface area (Å²) in [6, 6.07) is 8.03. The van der Waals surface area contributed by atoms with Crippen molar-refractivity contribution in [2.75, 3.05) is 26.3 Å². The number of ether oxygens (including phenoxy) is 2. The number of carbonyl (C=O) groups excluding carboxylic acids is 2. The summed E-state index contributed by atoms with van der Waals surface area (Å²) in [6.07, 6.45) is 6.04. The van der Waals surface area contributed by atoms with E-state index in [0.717, 1.165) is 19.3 Å². The highest BCUT2D eigenvalue weighted by molar-refractivity contribution is 5.86. The Morgan fingerprint density at radius 1 is 1.16 bits per heavy atom. The largest absolute Gasteiger partial charge is 0.444 e. The van der Waals surface area contributed by atoms with Crippen LogP contribution in [0.2, 0.25) is 0 Å². The molecule has 170 valence electrons. The molecular formula is C25H36N2O4. The number of hydrogen-bond acceptors (Lipinski definition) is 4. The Hall–Kier alpha value is -2.08. The monoisotopic (exact) mass is 428 g/mol. The van der Waals surface area contributed by atoms with E-state index in [1.165, 1.54) is 30.4 Å². The summed E-state index contributed by atoms with van der Waals surface area (Å²) in [5.41, 5.74) is 2.52. The van der Waals surface area contributed by atoms with Gasteiger partial charge in [0, 0.05) is 19.7 Å². The van der Waals surface area contributed by atoms with Crippen LogP contribution in [0.5, 0.6) is 0 Å². The third-order valence-corrected chi connectivity index (χ3v) is 6.82. The van der Waals surface area contributed by atoms with Gasteiger partial charge in [-0.25, -0.2) is 4.79 Å². The Morgan fingerprint density at radius 2 is 1.87 bits per heavy atom. The van der Waals surface area contributed by atoms with Crippen molar-refractivity contribution in [1.29, 1.82) is 0 Å². The molecule has 1 heterocycles. The third-order valence-electron chi connectivity index (χ3n) is 6.82. The number of fused-ring (bicyclic) bond motifs is 2. The number of likely N-dealkylation sites (tertiary alicyclic amines) is 1. The fourth-order valence-electron chi connectivity index (χ4n) is 4.92. The van der Waals surface area contributed by atoms with Gasteiger partial charge in [0.1, 0.15) is 11.6 Å². The van der Waals surface area contributed by atoms with Gasteiger partial charge in [-0.1, -0.05) is 24.3 Å². The molecule has 1 spiro atoms. The van der Waals surface area contributed by atoms with Crippen molar-refractivity contribution in [1.82, 2.24) is 10.2 Å². The molecular weight excluding hydrogens is 392 g/mol. The van der Waals surface area contributed by atoms with E-state index in [1.54, 1.807) is 0 Å². The Kier molecular flexibility index (Phi) is 6.29. The van der Waals surface area contributed by atoms with Crippen molar-refractivity contribution in [3.05, 3.63) is 35.4 Å². The second-order valence-electron chi connectivity index (χ2n) is 10.4. The number of nitrogens with one attached hydrogen (secondary N) is 1. The lowest BCUT2D eigenvalue weighted by atomic mass is 9.74. The summed E-state index contributed by atoms with van der Waals surface area (Å²) in [6.45, 7) is 7.72. The Labute approximate surface area is 185 Å². The lowest BCUT2D eigenvalue weighted by Crippen LogP contribution is -2.54. The molecule has 1 N–H and O–H groups in total. The smallest absolute Gasteiger partial charge is 0.408 e. The summed E-state index contributed by atoms with van der Waals surface area (Å²) in [5.74, 6) is 0.539. The van der Waals surface area contributed by atoms with Crippen LogP contribution in [-0.2, 0) is 26.1 Å². The summed E-state index contributed by atoms with van der Waals surface area (Å²) < 4.78 is 11.2. The van der Waals surface area contributed by atoms with Crippen LogP contribution in [0, 0.1) is 5.92 Å². The number of aryl methyl sites for hydroxylation is 1. The van der Waals surface area contributed by atoms with Crippen LogP contribution < -0.4 is 5.32 Å². The summed E-state index contributed by atoms with van der Waals surface area (Å²) in [7, 11) is 0. The maximum absolute atomic E-state index is 13.3. The molecule has 2 amide bonds. The standard InChI is InChI=1S/C25H36N2O4/c1-24(2,3)31-23(29)26-21(17-30-16-18-8-9-18)22(28)27-14-12-25(13-15-27)11-10-19-6-4-5-7-20(19)25/h4-7,18,21H,8-17H2,1-3H3,(H,26,29). The quantitative estimate of drug-likeness (QED) is 0.748. The van der Waals surface area contributed by atoms with Crippen molar-refractivity contribution in [3.8, 4) is 0 Å². The first-order chi connectivity index (χ1) is 14.8. The average Bonchev–Trinajstić information content (AvgIpc) is 3.48. The van der Waals surface area contributed by atoms with Crippen molar-refractivity contribution < 1.29 is 19.1 Å². The number of alkyl carbamates (subject to hydrolysis) is 1. The van der Waals surface area contributed by atoms with Gasteiger partial charge in [-0.3, -0.25) is 4.79 Å². The Balaban J connectivity index is 1.37. The van der Waals surface area contributed by atoms with Crippen LogP contribution in [0.4, 0.5) is 4.79 Å². The van der Waals surface area contributed by atoms with Gasteiger partial charge in [0.2, 0.25) is 5.91 Å². The number of rotatable bonds is 6. The van der Waals surface area contributed by atoms with Crippen LogP contribution in [0.3, 0.4) is 0 Å². The first-order valence-electron chi connectivity index (χ1n) is 11.7. The van der Waals surface area contributed by atoms with E-state index in [0.29, 0.717) is 25.6 Å². The molecule has 1 saturated carbocycles. The second-order valence-corrected chi connectivity index (χ2v) is 10.4. The highest BCUT2D eigenvalue weighted by Gasteiger charge is 2.42. The lowest BCUT2D eigenvalue weighted by molar-refractivity contribution is -0.136. The van der Waals surface area contributed by atoms with Gasteiger partial charge in [0.15, 0.2) is 0 Å². The molecule has 1 aromatic rings. The normalized spacial score (nSPS) is 20.9. The predicted octanol–water partition coefficient (Wildman–Crippen LogP) is 3.81. The number of carbonyl (C=O) groups is 2. The molecule has 1 saturated heterocycles. The molecule has 3 aliphatic rings. The number of amides is 2. The van der Waals surface area contributed by atoms with Crippen LogP contribution in [0.25, 0.3) is 0 Å². The van der Waals surface area contributed by atoms with Crippen LogP contribution in [-0.4, -0.2) is 54.8 Å². The van der Waals surface area contributed by atoms with Gasteiger partial charge in [-0.15, -0.1) is 0 Å². The minimum Gasteiger partial charge on any atom is -0.444 e. The first kappa shape index (κ1) is 22.1. The fourth-order valence-corrected chi connectivity index (χ4v) is 4.92. The van der Waals surface area contributed by atoms with Gasteiger partial charge in [-0.2, -0.15) is 0 Å². The Morgan fingerprint density at radius 3 is 2.55 bits per heavy atom. The molecule has 0 radical (unpaired) electrons. The van der Waals surface area contributed by atoms with E-state index in [1.807, 2.05) is 25.7 Å². The van der Waals surface area contributed by atoms with Crippen molar-refractivity contribution in [2.24, 2.45) is 5.92 Å². The van der Waals surface area contributed by atoms with Crippen molar-refractivity contribution >= 4 is 12.0 Å². The molecule has 6 nitrogen and oxygen atoms in total. The van der Waals surface area contributed by atoms with Crippen LogP contribution >= 0.6 is 0 Å². The third kappa shape index (κ3) is 5.40. The molecule has 4 rings (SSSR count). The van der Waals surface area contributed by atoms with Crippen molar-refractivity contribution in [3.63, 3.8) is 0 Å². The number of piperidine rings is 1. The van der Waals surface area contributed by atoms with Gasteiger partial charge in [0.05, 0.1) is 6.61 Å². The van der Waals surface area contributed by atoms with Gasteiger partial charge in [-0.05, 0) is 81.8 Å². The summed E-state index contributed by atoms with van der Waals surface area (Å²) in [5, 5.41) is 2.76. The van der Waals surface area contributed by atoms with Crippen LogP contribution in [0.15, 0.2) is 24.3 Å². The summed E-state index contributed by atoms with van der Waals surface area (Å²) in [4.78, 5) is 27.6. The molecule has 1 unspecified atom stereocenters. The zero-order valence-corrected chi connectivity index (χ0v) is 19.1. The molecule has 2 fully saturated rings. The van der Waals surface area contributed by atoms with E-state index >= 15 is 0 Å². The van der Waals surface area contributed by atoms with E-state index in [4.69, 9.17) is 9.47 Å². The molecule has 0 aromatic heterocycles. The van der Waals surface area contributed by atoms with Gasteiger partial charge >= 0.3 is 6.09 Å². The number of nitrogens with zero attached hydrogens (tertiary/aromatic N) is 1. The zero-order valence-electron chi connectivity index (χ0n) is 19.1. The molecule has 1 aliphatic heterocycles. The molecule has 31 heavy (non-hydrogen) atoms. The maximum Gasteiger partial charge on any atom is 0.408 e. The minimum atomic E-state index is -0.710. The fraction of sp³-hybridized carbons (Fsp3) is 0.680.